The van der Waals surface area contributed by atoms with Gasteiger partial charge in [-0.05, 0) is 30.8 Å². The highest BCUT2D eigenvalue weighted by molar-refractivity contribution is 5.66. The third-order valence-corrected chi connectivity index (χ3v) is 3.04. The van der Waals surface area contributed by atoms with Crippen molar-refractivity contribution in [2.45, 2.75) is 6.04 Å². The minimum Gasteiger partial charge on any atom is -0.301 e. The lowest BCUT2D eigenvalue weighted by Gasteiger charge is -2.18. The molecule has 2 nitrogen and oxygen atoms in total. The molecular formula is C16H17NO. The van der Waals surface area contributed by atoms with Crippen molar-refractivity contribution < 1.29 is 4.79 Å². The van der Waals surface area contributed by atoms with Gasteiger partial charge in [0.05, 0.1) is 6.04 Å². The average molecular weight is 239 g/mol. The van der Waals surface area contributed by atoms with Crippen LogP contribution in [0.3, 0.4) is 0 Å². The molecule has 0 aliphatic carbocycles. The maximum Gasteiger partial charge on any atom is 0.141 e. The molecule has 1 atom stereocenters. The van der Waals surface area contributed by atoms with Crippen molar-refractivity contribution >= 4 is 6.29 Å². The van der Waals surface area contributed by atoms with Crippen molar-refractivity contribution in [3.8, 4) is 11.1 Å². The Morgan fingerprint density at radius 1 is 0.889 bits per heavy atom. The van der Waals surface area contributed by atoms with Gasteiger partial charge in [0.15, 0.2) is 0 Å². The lowest BCUT2D eigenvalue weighted by Crippen LogP contribution is -2.20. The molecule has 2 aromatic rings. The Bertz CT molecular complexity index is 502. The number of benzene rings is 2. The summed E-state index contributed by atoms with van der Waals surface area (Å²) in [5.41, 5.74) is 3.38. The smallest absolute Gasteiger partial charge is 0.141 e. The standard InChI is InChI=1S/C16H17NO/c1-17(2)16(12-18)15-10-8-14(9-11-15)13-6-4-3-5-7-13/h3-12,16H,1-2H3. The maximum absolute atomic E-state index is 11.1. The molecule has 2 aromatic carbocycles. The predicted octanol–water partition coefficient (Wildman–Crippen LogP) is 3.16. The molecule has 0 aliphatic heterocycles. The third kappa shape index (κ3) is 2.66. The van der Waals surface area contributed by atoms with Crippen LogP contribution in [0.4, 0.5) is 0 Å². The molecule has 92 valence electrons. The van der Waals surface area contributed by atoms with Crippen molar-refractivity contribution in [3.05, 3.63) is 60.2 Å². The molecule has 0 amide bonds. The van der Waals surface area contributed by atoms with Crippen LogP contribution >= 0.6 is 0 Å². The quantitative estimate of drug-likeness (QED) is 0.764. The van der Waals surface area contributed by atoms with Gasteiger partial charge in [-0.25, -0.2) is 0 Å². The number of carbonyl (C=O) groups is 1. The highest BCUT2D eigenvalue weighted by Gasteiger charge is 2.12. The van der Waals surface area contributed by atoms with Gasteiger partial charge < -0.3 is 4.79 Å². The van der Waals surface area contributed by atoms with Gasteiger partial charge in [-0.3, -0.25) is 4.90 Å². The van der Waals surface area contributed by atoms with Gasteiger partial charge in [-0.1, -0.05) is 54.6 Å². The summed E-state index contributed by atoms with van der Waals surface area (Å²) < 4.78 is 0. The van der Waals surface area contributed by atoms with Crippen molar-refractivity contribution in [1.29, 1.82) is 0 Å². The molecule has 0 saturated carbocycles. The first kappa shape index (κ1) is 12.5. The van der Waals surface area contributed by atoms with Gasteiger partial charge in [0.25, 0.3) is 0 Å². The minimum absolute atomic E-state index is 0.171. The number of hydrogen-bond acceptors (Lipinski definition) is 2. The Labute approximate surface area is 108 Å². The van der Waals surface area contributed by atoms with Crippen LogP contribution in [0.1, 0.15) is 11.6 Å². The van der Waals surface area contributed by atoms with Crippen molar-refractivity contribution in [1.82, 2.24) is 4.90 Å². The fourth-order valence-electron chi connectivity index (χ4n) is 2.00. The molecular weight excluding hydrogens is 222 g/mol. The number of carbonyl (C=O) groups excluding carboxylic acids is 1. The highest BCUT2D eigenvalue weighted by atomic mass is 16.1. The summed E-state index contributed by atoms with van der Waals surface area (Å²) in [5, 5.41) is 0. The lowest BCUT2D eigenvalue weighted by molar-refractivity contribution is -0.111. The normalized spacial score (nSPS) is 12.4. The number of hydrogen-bond donors (Lipinski definition) is 0. The number of aldehydes is 1. The predicted molar refractivity (Wildman–Crippen MR) is 74.4 cm³/mol. The molecule has 0 radical (unpaired) electrons. The van der Waals surface area contributed by atoms with Crippen LogP contribution < -0.4 is 0 Å². The third-order valence-electron chi connectivity index (χ3n) is 3.04. The Morgan fingerprint density at radius 3 is 1.94 bits per heavy atom. The molecule has 0 heterocycles. The highest BCUT2D eigenvalue weighted by Crippen LogP contribution is 2.22. The molecule has 2 rings (SSSR count). The summed E-state index contributed by atoms with van der Waals surface area (Å²) in [6.45, 7) is 0. The largest absolute Gasteiger partial charge is 0.301 e. The summed E-state index contributed by atoms with van der Waals surface area (Å²) in [6.07, 6.45) is 0.970. The fraction of sp³-hybridized carbons (Fsp3) is 0.188. The second kappa shape index (κ2) is 5.61. The van der Waals surface area contributed by atoms with Gasteiger partial charge in [0.1, 0.15) is 6.29 Å². The van der Waals surface area contributed by atoms with E-state index < -0.39 is 0 Å². The van der Waals surface area contributed by atoms with Crippen molar-refractivity contribution in [3.63, 3.8) is 0 Å². The van der Waals surface area contributed by atoms with Crippen LogP contribution in [0.15, 0.2) is 54.6 Å². The summed E-state index contributed by atoms with van der Waals surface area (Å²) in [4.78, 5) is 13.0. The van der Waals surface area contributed by atoms with Crippen molar-refractivity contribution in [2.24, 2.45) is 0 Å². The van der Waals surface area contributed by atoms with Crippen LogP contribution in [0.2, 0.25) is 0 Å². The van der Waals surface area contributed by atoms with E-state index in [2.05, 4.69) is 24.3 Å². The molecule has 0 aromatic heterocycles. The number of nitrogens with zero attached hydrogens (tertiary/aromatic N) is 1. The van der Waals surface area contributed by atoms with E-state index in [-0.39, 0.29) is 6.04 Å². The monoisotopic (exact) mass is 239 g/mol. The Hall–Kier alpha value is -1.93. The number of likely N-dealkylation sites (N-methyl/N-ethyl adjacent to an activating group) is 1. The minimum atomic E-state index is -0.171. The fourth-order valence-corrected chi connectivity index (χ4v) is 2.00. The first-order chi connectivity index (χ1) is 8.72. The van der Waals surface area contributed by atoms with Gasteiger partial charge in [-0.15, -0.1) is 0 Å². The van der Waals surface area contributed by atoms with E-state index in [0.29, 0.717) is 0 Å². The van der Waals surface area contributed by atoms with Gasteiger partial charge >= 0.3 is 0 Å². The molecule has 0 N–H and O–H groups in total. The molecule has 0 saturated heterocycles. The maximum atomic E-state index is 11.1. The number of rotatable bonds is 4. The Kier molecular flexibility index (Phi) is 3.90. The summed E-state index contributed by atoms with van der Waals surface area (Å²) >= 11 is 0. The molecule has 1 unspecified atom stereocenters. The van der Waals surface area contributed by atoms with E-state index in [1.165, 1.54) is 11.1 Å². The molecule has 18 heavy (non-hydrogen) atoms. The first-order valence-corrected chi connectivity index (χ1v) is 5.99. The van der Waals surface area contributed by atoms with E-state index in [0.717, 1.165) is 11.8 Å². The molecule has 0 fully saturated rings. The van der Waals surface area contributed by atoms with Gasteiger partial charge in [0.2, 0.25) is 0 Å². The summed E-state index contributed by atoms with van der Waals surface area (Å²) in [7, 11) is 3.81. The van der Waals surface area contributed by atoms with Crippen LogP contribution in [0.5, 0.6) is 0 Å². The first-order valence-electron chi connectivity index (χ1n) is 5.99. The van der Waals surface area contributed by atoms with E-state index >= 15 is 0 Å². The summed E-state index contributed by atoms with van der Waals surface area (Å²) in [5.74, 6) is 0. The van der Waals surface area contributed by atoms with E-state index in [1.807, 2.05) is 49.3 Å². The Balaban J connectivity index is 2.28. The average Bonchev–Trinajstić information content (AvgIpc) is 2.41. The zero-order valence-electron chi connectivity index (χ0n) is 10.7. The molecule has 0 bridgehead atoms. The SMILES string of the molecule is CN(C)C(C=O)c1ccc(-c2ccccc2)cc1. The summed E-state index contributed by atoms with van der Waals surface area (Å²) in [6, 6.07) is 18.2. The van der Waals surface area contributed by atoms with E-state index in [9.17, 15) is 4.79 Å². The second-order valence-corrected chi connectivity index (χ2v) is 4.53. The van der Waals surface area contributed by atoms with Crippen LogP contribution in [0, 0.1) is 0 Å². The van der Waals surface area contributed by atoms with Crippen LogP contribution in [-0.4, -0.2) is 25.3 Å². The Morgan fingerprint density at radius 2 is 1.44 bits per heavy atom. The molecule has 0 spiro atoms. The van der Waals surface area contributed by atoms with Crippen molar-refractivity contribution in [2.75, 3.05) is 14.1 Å². The van der Waals surface area contributed by atoms with E-state index in [1.54, 1.807) is 0 Å². The van der Waals surface area contributed by atoms with Crippen LogP contribution in [0.25, 0.3) is 11.1 Å². The zero-order valence-corrected chi connectivity index (χ0v) is 10.7. The molecule has 0 aliphatic rings. The van der Waals surface area contributed by atoms with Gasteiger partial charge in [-0.2, -0.15) is 0 Å². The molecule has 2 heteroatoms. The second-order valence-electron chi connectivity index (χ2n) is 4.53. The lowest BCUT2D eigenvalue weighted by atomic mass is 10.0. The van der Waals surface area contributed by atoms with E-state index in [4.69, 9.17) is 0 Å². The topological polar surface area (TPSA) is 20.3 Å². The van der Waals surface area contributed by atoms with Gasteiger partial charge in [0, 0.05) is 0 Å². The van der Waals surface area contributed by atoms with Crippen LogP contribution in [-0.2, 0) is 4.79 Å². The zero-order chi connectivity index (χ0) is 13.0.